The molecule has 5 rings (SSSR count). The van der Waals surface area contributed by atoms with Crippen LogP contribution in [-0.2, 0) is 9.59 Å². The van der Waals surface area contributed by atoms with Crippen LogP contribution in [-0.4, -0.2) is 40.6 Å². The number of nitrogens with zero attached hydrogens (tertiary/aromatic N) is 2. The zero-order chi connectivity index (χ0) is 27.1. The number of aliphatic hydroxyl groups is 1. The first-order chi connectivity index (χ1) is 18.2. The summed E-state index contributed by atoms with van der Waals surface area (Å²) in [6.07, 6.45) is 0. The Bertz CT molecular complexity index is 1630. The van der Waals surface area contributed by atoms with Crippen molar-refractivity contribution in [2.24, 2.45) is 0 Å². The second-order valence-corrected chi connectivity index (χ2v) is 10.5. The number of anilines is 1. The highest BCUT2D eigenvalue weighted by atomic mass is 79.9. The van der Waals surface area contributed by atoms with Crippen LogP contribution < -0.4 is 14.4 Å². The lowest BCUT2D eigenvalue weighted by Gasteiger charge is -2.24. The van der Waals surface area contributed by atoms with Crippen LogP contribution in [0.3, 0.4) is 0 Å². The van der Waals surface area contributed by atoms with E-state index in [1.807, 2.05) is 32.0 Å². The van der Waals surface area contributed by atoms with Gasteiger partial charge in [-0.1, -0.05) is 29.5 Å². The molecule has 0 spiro atoms. The number of ketones is 1. The summed E-state index contributed by atoms with van der Waals surface area (Å²) < 4.78 is 12.0. The number of aliphatic hydroxyl groups excluding tert-OH is 1. The molecule has 38 heavy (non-hydrogen) atoms. The van der Waals surface area contributed by atoms with E-state index in [9.17, 15) is 19.8 Å². The molecule has 0 aliphatic carbocycles. The molecular formula is C28H23BrN2O6S. The van der Waals surface area contributed by atoms with Crippen molar-refractivity contribution in [1.82, 2.24) is 4.98 Å². The molecule has 8 nitrogen and oxygen atoms in total. The molecule has 1 fully saturated rings. The zero-order valence-electron chi connectivity index (χ0n) is 20.7. The summed E-state index contributed by atoms with van der Waals surface area (Å²) in [6.45, 7) is 4.22. The SMILES string of the molecule is CCOc1cccc(/C(O)=C2\C(=O)C(=O)N(c3nc4ccc(C)cc4s3)C2c2cc(Br)c(O)c(OC)c2)c1. The highest BCUT2D eigenvalue weighted by Gasteiger charge is 2.48. The van der Waals surface area contributed by atoms with Gasteiger partial charge in [0.2, 0.25) is 0 Å². The van der Waals surface area contributed by atoms with E-state index < -0.39 is 17.7 Å². The lowest BCUT2D eigenvalue weighted by atomic mass is 9.95. The van der Waals surface area contributed by atoms with Gasteiger partial charge in [0, 0.05) is 5.56 Å². The molecule has 1 unspecified atom stereocenters. The molecule has 0 radical (unpaired) electrons. The van der Waals surface area contributed by atoms with E-state index in [0.717, 1.165) is 10.3 Å². The first kappa shape index (κ1) is 25.7. The van der Waals surface area contributed by atoms with Gasteiger partial charge in [0.15, 0.2) is 16.6 Å². The number of aromatic hydroxyl groups is 1. The number of ether oxygens (including phenoxy) is 2. The third-order valence-electron chi connectivity index (χ3n) is 6.19. The van der Waals surface area contributed by atoms with Gasteiger partial charge in [-0.05, 0) is 77.3 Å². The summed E-state index contributed by atoms with van der Waals surface area (Å²) in [5.74, 6) is -1.51. The lowest BCUT2D eigenvalue weighted by Crippen LogP contribution is -2.29. The van der Waals surface area contributed by atoms with Crippen LogP contribution in [0.5, 0.6) is 17.2 Å². The molecule has 194 valence electrons. The molecule has 4 aromatic rings. The quantitative estimate of drug-likeness (QED) is 0.157. The number of Topliss-reactive ketones (excluding diaryl/α,β-unsaturated/α-hetero) is 1. The van der Waals surface area contributed by atoms with Crippen LogP contribution in [0.15, 0.2) is 64.6 Å². The minimum atomic E-state index is -1.04. The molecule has 1 saturated heterocycles. The summed E-state index contributed by atoms with van der Waals surface area (Å²) >= 11 is 4.60. The Kier molecular flexibility index (Phi) is 6.85. The predicted octanol–water partition coefficient (Wildman–Crippen LogP) is 6.11. The average molecular weight is 595 g/mol. The standard InChI is InChI=1S/C28H23BrN2O6S/c1-4-37-17-7-5-6-15(11-17)24(32)22-23(16-12-18(29)25(33)20(13-16)36-3)31(27(35)26(22)34)28-30-19-9-8-14(2)10-21(19)38-28/h5-13,23,32-33H,4H2,1-3H3/b24-22+. The van der Waals surface area contributed by atoms with E-state index >= 15 is 0 Å². The van der Waals surface area contributed by atoms with E-state index in [1.54, 1.807) is 30.3 Å². The summed E-state index contributed by atoms with van der Waals surface area (Å²) in [5.41, 5.74) is 2.36. The van der Waals surface area contributed by atoms with Crippen LogP contribution in [0.4, 0.5) is 5.13 Å². The van der Waals surface area contributed by atoms with Gasteiger partial charge in [-0.3, -0.25) is 14.5 Å². The largest absolute Gasteiger partial charge is 0.507 e. The maximum atomic E-state index is 13.5. The number of phenolic OH excluding ortho intramolecular Hbond substituents is 1. The Hall–Kier alpha value is -3.89. The topological polar surface area (TPSA) is 109 Å². The van der Waals surface area contributed by atoms with Gasteiger partial charge in [0.05, 0.1) is 40.0 Å². The third kappa shape index (κ3) is 4.39. The highest BCUT2D eigenvalue weighted by molar-refractivity contribution is 9.10. The van der Waals surface area contributed by atoms with Gasteiger partial charge in [-0.2, -0.15) is 0 Å². The van der Waals surface area contributed by atoms with Crippen molar-refractivity contribution >= 4 is 60.1 Å². The summed E-state index contributed by atoms with van der Waals surface area (Å²) in [5, 5.41) is 22.1. The fourth-order valence-electron chi connectivity index (χ4n) is 4.43. The Morgan fingerprint density at radius 2 is 1.95 bits per heavy atom. The molecule has 0 bridgehead atoms. The second-order valence-electron chi connectivity index (χ2n) is 8.65. The monoisotopic (exact) mass is 594 g/mol. The van der Waals surface area contributed by atoms with Gasteiger partial charge in [-0.15, -0.1) is 0 Å². The fourth-order valence-corrected chi connectivity index (χ4v) is 5.98. The molecular weight excluding hydrogens is 572 g/mol. The number of aryl methyl sites for hydroxylation is 1. The minimum Gasteiger partial charge on any atom is -0.507 e. The molecule has 0 saturated carbocycles. The molecule has 1 aliphatic rings. The number of hydrogen-bond acceptors (Lipinski definition) is 8. The number of benzene rings is 3. The Balaban J connectivity index is 1.76. The van der Waals surface area contributed by atoms with Crippen molar-refractivity contribution in [2.45, 2.75) is 19.9 Å². The first-order valence-electron chi connectivity index (χ1n) is 11.7. The van der Waals surface area contributed by atoms with E-state index in [-0.39, 0.29) is 22.8 Å². The number of aromatic nitrogens is 1. The molecule has 1 aromatic heterocycles. The summed E-state index contributed by atoms with van der Waals surface area (Å²) in [6, 6.07) is 14.5. The normalized spacial score (nSPS) is 16.8. The molecule has 1 amide bonds. The van der Waals surface area contributed by atoms with E-state index in [0.29, 0.717) is 38.6 Å². The van der Waals surface area contributed by atoms with Crippen molar-refractivity contribution in [3.63, 3.8) is 0 Å². The van der Waals surface area contributed by atoms with Crippen LogP contribution in [0.2, 0.25) is 0 Å². The lowest BCUT2D eigenvalue weighted by molar-refractivity contribution is -0.132. The first-order valence-corrected chi connectivity index (χ1v) is 13.3. The number of halogens is 1. The number of carbonyl (C=O) groups excluding carboxylic acids is 2. The molecule has 1 atom stereocenters. The summed E-state index contributed by atoms with van der Waals surface area (Å²) in [4.78, 5) is 33.0. The van der Waals surface area contributed by atoms with Crippen molar-refractivity contribution in [1.29, 1.82) is 0 Å². The maximum Gasteiger partial charge on any atom is 0.301 e. The number of rotatable bonds is 6. The van der Waals surface area contributed by atoms with Gasteiger partial charge < -0.3 is 19.7 Å². The number of hydrogen-bond donors (Lipinski definition) is 2. The van der Waals surface area contributed by atoms with Gasteiger partial charge in [0.25, 0.3) is 5.78 Å². The van der Waals surface area contributed by atoms with Gasteiger partial charge in [0.1, 0.15) is 11.5 Å². The minimum absolute atomic E-state index is 0.112. The van der Waals surface area contributed by atoms with Crippen molar-refractivity contribution in [2.75, 3.05) is 18.6 Å². The van der Waals surface area contributed by atoms with E-state index in [2.05, 4.69) is 20.9 Å². The van der Waals surface area contributed by atoms with Gasteiger partial charge >= 0.3 is 5.91 Å². The Morgan fingerprint density at radius 3 is 2.68 bits per heavy atom. The third-order valence-corrected chi connectivity index (χ3v) is 7.81. The Morgan fingerprint density at radius 1 is 1.16 bits per heavy atom. The fraction of sp³-hybridized carbons (Fsp3) is 0.179. The van der Waals surface area contributed by atoms with Crippen molar-refractivity contribution in [3.8, 4) is 17.2 Å². The zero-order valence-corrected chi connectivity index (χ0v) is 23.1. The van der Waals surface area contributed by atoms with E-state index in [4.69, 9.17) is 9.47 Å². The average Bonchev–Trinajstić information content (AvgIpc) is 3.43. The molecule has 3 aromatic carbocycles. The van der Waals surface area contributed by atoms with Crippen molar-refractivity contribution in [3.05, 3.63) is 81.3 Å². The van der Waals surface area contributed by atoms with Crippen LogP contribution in [0, 0.1) is 6.92 Å². The molecule has 2 N–H and O–H groups in total. The maximum absolute atomic E-state index is 13.5. The second kappa shape index (κ2) is 10.1. The number of amides is 1. The number of methoxy groups -OCH3 is 1. The number of thiazole rings is 1. The van der Waals surface area contributed by atoms with E-state index in [1.165, 1.54) is 29.4 Å². The molecule has 10 heteroatoms. The van der Waals surface area contributed by atoms with Crippen LogP contribution >= 0.6 is 27.3 Å². The van der Waals surface area contributed by atoms with Gasteiger partial charge in [-0.25, -0.2) is 4.98 Å². The molecule has 1 aliphatic heterocycles. The van der Waals surface area contributed by atoms with Crippen LogP contribution in [0.1, 0.15) is 29.7 Å². The summed E-state index contributed by atoms with van der Waals surface area (Å²) in [7, 11) is 1.40. The number of phenols is 1. The number of carbonyl (C=O) groups is 2. The molecule has 2 heterocycles. The van der Waals surface area contributed by atoms with Crippen molar-refractivity contribution < 1.29 is 29.3 Å². The number of fused-ring (bicyclic) bond motifs is 1. The Labute approximate surface area is 230 Å². The predicted molar refractivity (Wildman–Crippen MR) is 149 cm³/mol. The smallest absolute Gasteiger partial charge is 0.301 e. The van der Waals surface area contributed by atoms with Crippen LogP contribution in [0.25, 0.3) is 16.0 Å². The highest BCUT2D eigenvalue weighted by Crippen LogP contribution is 2.47.